The number of nitriles is 1. The van der Waals surface area contributed by atoms with Crippen LogP contribution in [0.15, 0.2) is 24.3 Å². The second-order valence-electron chi connectivity index (χ2n) is 2.72. The van der Waals surface area contributed by atoms with Crippen LogP contribution in [-0.2, 0) is 15.9 Å². The van der Waals surface area contributed by atoms with E-state index in [1.807, 2.05) is 0 Å². The van der Waals surface area contributed by atoms with E-state index in [2.05, 4.69) is 0 Å². The first-order valence-electron chi connectivity index (χ1n) is 3.85. The van der Waals surface area contributed by atoms with E-state index in [0.717, 1.165) is 6.07 Å². The second kappa shape index (κ2) is 4.36. The van der Waals surface area contributed by atoms with Crippen LogP contribution in [0.5, 0.6) is 0 Å². The summed E-state index contributed by atoms with van der Waals surface area (Å²) in [4.78, 5) is 0. The minimum Gasteiger partial charge on any atom is -0.192 e. The van der Waals surface area contributed by atoms with E-state index in [4.69, 9.17) is 5.26 Å². The number of alkyl halides is 3. The van der Waals surface area contributed by atoms with E-state index in [-0.39, 0.29) is 11.1 Å². The van der Waals surface area contributed by atoms with E-state index < -0.39 is 23.1 Å². The minimum absolute atomic E-state index is 0.122. The molecule has 0 saturated heterocycles. The molecule has 0 spiro atoms. The Morgan fingerprint density at radius 1 is 1.33 bits per heavy atom. The molecule has 0 aliphatic rings. The largest absolute Gasteiger partial charge is 0.477 e. The number of rotatable bonds is 2. The highest BCUT2D eigenvalue weighted by atomic mass is 32.1. The van der Waals surface area contributed by atoms with Crippen molar-refractivity contribution in [3.63, 3.8) is 0 Å². The highest BCUT2D eigenvalue weighted by molar-refractivity contribution is 7.66. The zero-order chi connectivity index (χ0) is 11.5. The fourth-order valence-corrected chi connectivity index (χ4v) is 1.53. The fourth-order valence-electron chi connectivity index (χ4n) is 1.11. The monoisotopic (exact) mass is 232 g/mol. The van der Waals surface area contributed by atoms with Gasteiger partial charge in [-0.3, -0.25) is 0 Å². The van der Waals surface area contributed by atoms with Gasteiger partial charge in [0.15, 0.2) is 0 Å². The molecule has 0 N–H and O–H groups in total. The normalized spacial score (nSPS) is 12.9. The van der Waals surface area contributed by atoms with Gasteiger partial charge in [-0.15, -0.1) is 0 Å². The molecule has 6 heteroatoms. The summed E-state index contributed by atoms with van der Waals surface area (Å²) in [7, 11) is 0. The van der Waals surface area contributed by atoms with Crippen LogP contribution < -0.4 is 0 Å². The molecular formula is C9H5F3NOS+. The number of hydrogen-bond donors (Lipinski definition) is 0. The van der Waals surface area contributed by atoms with E-state index >= 15 is 0 Å². The molecule has 1 aromatic rings. The summed E-state index contributed by atoms with van der Waals surface area (Å²) >= 11 is -0.567. The average Bonchev–Trinajstić information content (AvgIpc) is 2.17. The standard InChI is InChI=1S/C9H5F3NOS/c10-9(11,12)8(15-14)7-4-2-1-3-6(7)5-13/h1-4,8H/q+1. The first-order valence-corrected chi connectivity index (χ1v) is 4.65. The Kier molecular flexibility index (Phi) is 3.37. The Morgan fingerprint density at radius 3 is 2.40 bits per heavy atom. The van der Waals surface area contributed by atoms with Gasteiger partial charge < -0.3 is 0 Å². The maximum atomic E-state index is 12.4. The Bertz CT molecular complexity index is 411. The van der Waals surface area contributed by atoms with Crippen LogP contribution >= 0.6 is 0 Å². The SMILES string of the molecule is N#Cc1ccccc1C([S+]=O)C(F)(F)F. The quantitative estimate of drug-likeness (QED) is 0.735. The lowest BCUT2D eigenvalue weighted by atomic mass is 10.1. The molecule has 0 aliphatic carbocycles. The van der Waals surface area contributed by atoms with Crippen LogP contribution in [-0.4, -0.2) is 6.18 Å². The maximum absolute atomic E-state index is 12.4. The molecule has 1 rings (SSSR count). The van der Waals surface area contributed by atoms with Gasteiger partial charge >= 0.3 is 23.1 Å². The number of halogens is 3. The lowest BCUT2D eigenvalue weighted by molar-refractivity contribution is -0.130. The molecule has 0 bridgehead atoms. The predicted molar refractivity (Wildman–Crippen MR) is 48.0 cm³/mol. The van der Waals surface area contributed by atoms with Crippen molar-refractivity contribution in [1.82, 2.24) is 0 Å². The van der Waals surface area contributed by atoms with Crippen LogP contribution in [0, 0.1) is 11.3 Å². The molecule has 0 aromatic heterocycles. The van der Waals surface area contributed by atoms with E-state index in [9.17, 15) is 17.4 Å². The number of hydrogen-bond acceptors (Lipinski definition) is 2. The first kappa shape index (κ1) is 11.6. The van der Waals surface area contributed by atoms with Crippen LogP contribution in [0.2, 0.25) is 0 Å². The van der Waals surface area contributed by atoms with Crippen molar-refractivity contribution in [2.24, 2.45) is 0 Å². The Morgan fingerprint density at radius 2 is 1.93 bits per heavy atom. The molecule has 0 radical (unpaired) electrons. The van der Waals surface area contributed by atoms with Crippen LogP contribution in [0.4, 0.5) is 13.2 Å². The fraction of sp³-hybridized carbons (Fsp3) is 0.222. The Balaban J connectivity index is 3.25. The lowest BCUT2D eigenvalue weighted by Gasteiger charge is -2.06. The maximum Gasteiger partial charge on any atom is 0.477 e. The van der Waals surface area contributed by atoms with Gasteiger partial charge in [-0.25, -0.2) is 0 Å². The van der Waals surface area contributed by atoms with Gasteiger partial charge in [-0.1, -0.05) is 18.2 Å². The topological polar surface area (TPSA) is 40.9 Å². The summed E-state index contributed by atoms with van der Waals surface area (Å²) in [5.74, 6) is 0. The number of nitrogens with zero attached hydrogens (tertiary/aromatic N) is 1. The van der Waals surface area contributed by atoms with Crippen LogP contribution in [0.1, 0.15) is 16.4 Å². The van der Waals surface area contributed by atoms with Gasteiger partial charge in [0.1, 0.15) is 0 Å². The van der Waals surface area contributed by atoms with Gasteiger partial charge in [0.05, 0.1) is 11.6 Å². The highest BCUT2D eigenvalue weighted by Gasteiger charge is 2.52. The van der Waals surface area contributed by atoms with Gasteiger partial charge in [-0.05, 0) is 6.07 Å². The lowest BCUT2D eigenvalue weighted by Crippen LogP contribution is -2.20. The molecule has 0 aliphatic heterocycles. The summed E-state index contributed by atoms with van der Waals surface area (Å²) < 4.78 is 47.6. The van der Waals surface area contributed by atoms with Crippen molar-refractivity contribution in [2.45, 2.75) is 11.4 Å². The summed E-state index contributed by atoms with van der Waals surface area (Å²) in [6.07, 6.45) is -4.64. The van der Waals surface area contributed by atoms with E-state index in [1.165, 1.54) is 18.2 Å². The van der Waals surface area contributed by atoms with Crippen molar-refractivity contribution < 1.29 is 17.4 Å². The third kappa shape index (κ3) is 2.50. The first-order chi connectivity index (χ1) is 7.00. The molecule has 0 heterocycles. The summed E-state index contributed by atoms with van der Waals surface area (Å²) in [6, 6.07) is 6.84. The summed E-state index contributed by atoms with van der Waals surface area (Å²) in [5, 5.41) is 6.41. The summed E-state index contributed by atoms with van der Waals surface area (Å²) in [5.41, 5.74) is -0.407. The second-order valence-corrected chi connectivity index (χ2v) is 3.38. The molecule has 1 atom stereocenters. The Hall–Kier alpha value is -1.48. The molecule has 0 amide bonds. The molecule has 0 fully saturated rings. The molecule has 1 aromatic carbocycles. The average molecular weight is 232 g/mol. The minimum atomic E-state index is -4.64. The zero-order valence-electron chi connectivity index (χ0n) is 7.28. The molecule has 1 unspecified atom stereocenters. The molecule has 0 saturated carbocycles. The molecular weight excluding hydrogens is 227 g/mol. The predicted octanol–water partition coefficient (Wildman–Crippen LogP) is 2.59. The summed E-state index contributed by atoms with van der Waals surface area (Å²) in [6.45, 7) is 0. The van der Waals surface area contributed by atoms with Gasteiger partial charge in [-0.2, -0.15) is 18.4 Å². The smallest absolute Gasteiger partial charge is 0.192 e. The van der Waals surface area contributed by atoms with Gasteiger partial charge in [0.2, 0.25) is 0 Å². The molecule has 2 nitrogen and oxygen atoms in total. The van der Waals surface area contributed by atoms with E-state index in [0.29, 0.717) is 0 Å². The molecule has 78 valence electrons. The van der Waals surface area contributed by atoms with Crippen molar-refractivity contribution in [3.05, 3.63) is 35.4 Å². The van der Waals surface area contributed by atoms with Gasteiger partial charge in [0, 0.05) is 9.77 Å². The third-order valence-corrected chi connectivity index (χ3v) is 2.47. The van der Waals surface area contributed by atoms with Crippen molar-refractivity contribution >= 4 is 11.7 Å². The van der Waals surface area contributed by atoms with Crippen LogP contribution in [0.25, 0.3) is 0 Å². The van der Waals surface area contributed by atoms with Crippen LogP contribution in [0.3, 0.4) is 0 Å². The van der Waals surface area contributed by atoms with Crippen molar-refractivity contribution in [1.29, 1.82) is 5.26 Å². The zero-order valence-corrected chi connectivity index (χ0v) is 8.10. The Labute approximate surface area is 87.8 Å². The molecule has 15 heavy (non-hydrogen) atoms. The van der Waals surface area contributed by atoms with Crippen molar-refractivity contribution in [2.75, 3.05) is 0 Å². The third-order valence-electron chi connectivity index (χ3n) is 1.76. The van der Waals surface area contributed by atoms with E-state index in [1.54, 1.807) is 6.07 Å². The van der Waals surface area contributed by atoms with Gasteiger partial charge in [0.25, 0.3) is 0 Å². The van der Waals surface area contributed by atoms with Crippen molar-refractivity contribution in [3.8, 4) is 6.07 Å². The highest BCUT2D eigenvalue weighted by Crippen LogP contribution is 2.35. The number of benzene rings is 1.